The van der Waals surface area contributed by atoms with Crippen LogP contribution in [0.5, 0.6) is 0 Å². The molecule has 0 unspecified atom stereocenters. The highest BCUT2D eigenvalue weighted by Crippen LogP contribution is 2.21. The Morgan fingerprint density at radius 3 is 2.33 bits per heavy atom. The molecule has 7 nitrogen and oxygen atoms in total. The number of carbonyl (C=O) groups excluding carboxylic acids is 3. The molecule has 0 spiro atoms. The van der Waals surface area contributed by atoms with Gasteiger partial charge in [0.2, 0.25) is 11.8 Å². The summed E-state index contributed by atoms with van der Waals surface area (Å²) in [7, 11) is 1.27. The van der Waals surface area contributed by atoms with E-state index in [1.807, 2.05) is 54.6 Å². The molecule has 3 rings (SSSR count). The van der Waals surface area contributed by atoms with Crippen LogP contribution in [0.25, 0.3) is 11.1 Å². The second-order valence-electron chi connectivity index (χ2n) is 7.43. The number of hydrogen-bond donors (Lipinski definition) is 2. The summed E-state index contributed by atoms with van der Waals surface area (Å²) < 4.78 is 4.85. The first-order valence-electron chi connectivity index (χ1n) is 9.87. The van der Waals surface area contributed by atoms with Gasteiger partial charge in [-0.2, -0.15) is 0 Å². The zero-order chi connectivity index (χ0) is 21.7. The summed E-state index contributed by atoms with van der Waals surface area (Å²) in [6, 6.07) is 16.0. The minimum absolute atomic E-state index is 0.108. The van der Waals surface area contributed by atoms with E-state index in [9.17, 15) is 19.5 Å². The lowest BCUT2D eigenvalue weighted by Gasteiger charge is -2.24. The summed E-state index contributed by atoms with van der Waals surface area (Å²) >= 11 is 0. The van der Waals surface area contributed by atoms with Gasteiger partial charge in [-0.3, -0.25) is 9.59 Å². The van der Waals surface area contributed by atoms with Gasteiger partial charge in [0, 0.05) is 26.3 Å². The molecular formula is C23H26N2O5. The van der Waals surface area contributed by atoms with E-state index < -0.39 is 30.1 Å². The molecule has 0 radical (unpaired) electrons. The van der Waals surface area contributed by atoms with Crippen LogP contribution in [0, 0.1) is 0 Å². The molecule has 0 bridgehead atoms. The maximum Gasteiger partial charge on any atom is 0.328 e. The molecule has 1 heterocycles. The predicted molar refractivity (Wildman–Crippen MR) is 111 cm³/mol. The van der Waals surface area contributed by atoms with Gasteiger partial charge in [0.15, 0.2) is 0 Å². The summed E-state index contributed by atoms with van der Waals surface area (Å²) in [5.74, 6) is -1.33. The number of benzene rings is 2. The van der Waals surface area contributed by atoms with Crippen molar-refractivity contribution in [2.75, 3.05) is 13.7 Å². The van der Waals surface area contributed by atoms with E-state index in [1.54, 1.807) is 0 Å². The number of nitrogens with one attached hydrogen (secondary N) is 1. The van der Waals surface area contributed by atoms with E-state index in [2.05, 4.69) is 5.32 Å². The Hall–Kier alpha value is -3.19. The van der Waals surface area contributed by atoms with E-state index >= 15 is 0 Å². The Kier molecular flexibility index (Phi) is 6.84. The molecule has 2 N–H and O–H groups in total. The lowest BCUT2D eigenvalue weighted by atomic mass is 10.0. The van der Waals surface area contributed by atoms with Crippen molar-refractivity contribution >= 4 is 17.8 Å². The van der Waals surface area contributed by atoms with Crippen molar-refractivity contribution in [2.24, 2.45) is 0 Å². The third-order valence-electron chi connectivity index (χ3n) is 5.29. The van der Waals surface area contributed by atoms with Gasteiger partial charge in [0.1, 0.15) is 12.1 Å². The molecular weight excluding hydrogens is 384 g/mol. The number of rotatable bonds is 6. The molecule has 3 atom stereocenters. The molecule has 30 heavy (non-hydrogen) atoms. The van der Waals surface area contributed by atoms with Crippen LogP contribution in [-0.2, 0) is 25.5 Å². The van der Waals surface area contributed by atoms with Gasteiger partial charge >= 0.3 is 5.97 Å². The highest BCUT2D eigenvalue weighted by atomic mass is 16.5. The summed E-state index contributed by atoms with van der Waals surface area (Å²) in [4.78, 5) is 38.1. The van der Waals surface area contributed by atoms with Crippen molar-refractivity contribution in [2.45, 2.75) is 38.0 Å². The molecule has 0 saturated carbocycles. The fraction of sp³-hybridized carbons (Fsp3) is 0.348. The number of ether oxygens (including phenoxy) is 1. The zero-order valence-corrected chi connectivity index (χ0v) is 17.1. The maximum atomic E-state index is 12.7. The number of likely N-dealkylation sites (tertiary alicyclic amines) is 1. The smallest absolute Gasteiger partial charge is 0.328 e. The highest BCUT2D eigenvalue weighted by Gasteiger charge is 2.38. The summed E-state index contributed by atoms with van der Waals surface area (Å²) in [6.45, 7) is 1.46. The number of esters is 1. The van der Waals surface area contributed by atoms with Crippen LogP contribution >= 0.6 is 0 Å². The molecule has 2 aromatic carbocycles. The molecule has 1 saturated heterocycles. The van der Waals surface area contributed by atoms with Crippen molar-refractivity contribution in [1.29, 1.82) is 0 Å². The third kappa shape index (κ3) is 5.04. The zero-order valence-electron chi connectivity index (χ0n) is 17.1. The molecule has 1 fully saturated rings. The van der Waals surface area contributed by atoms with Crippen LogP contribution in [0.3, 0.4) is 0 Å². The Morgan fingerprint density at radius 1 is 1.10 bits per heavy atom. The van der Waals surface area contributed by atoms with Crippen LogP contribution < -0.4 is 5.32 Å². The fourth-order valence-electron chi connectivity index (χ4n) is 3.71. The Morgan fingerprint density at radius 2 is 1.73 bits per heavy atom. The van der Waals surface area contributed by atoms with Crippen LogP contribution in [0.1, 0.15) is 18.9 Å². The van der Waals surface area contributed by atoms with Crippen molar-refractivity contribution in [3.63, 3.8) is 0 Å². The molecule has 2 aromatic rings. The van der Waals surface area contributed by atoms with Gasteiger partial charge in [-0.25, -0.2) is 4.79 Å². The van der Waals surface area contributed by atoms with Crippen molar-refractivity contribution < 1.29 is 24.2 Å². The summed E-state index contributed by atoms with van der Waals surface area (Å²) in [6.07, 6.45) is -0.361. The topological polar surface area (TPSA) is 95.9 Å². The Balaban J connectivity index is 1.71. The highest BCUT2D eigenvalue weighted by molar-refractivity contribution is 5.91. The van der Waals surface area contributed by atoms with Crippen molar-refractivity contribution in [3.05, 3.63) is 60.2 Å². The average molecular weight is 410 g/mol. The quantitative estimate of drug-likeness (QED) is 0.705. The summed E-state index contributed by atoms with van der Waals surface area (Å²) in [5, 5.41) is 12.5. The largest absolute Gasteiger partial charge is 0.467 e. The first-order chi connectivity index (χ1) is 14.4. The average Bonchev–Trinajstić information content (AvgIpc) is 3.16. The standard InChI is InChI=1S/C23H26N2O5/c1-15(26)25-14-19(27)13-21(25)22(28)24-20(23(29)30-2)12-16-8-10-18(11-9-16)17-6-4-3-5-7-17/h3-11,19-21,27H,12-14H2,1-2H3,(H,24,28)/t19-,20+,21+/m1/s1. The normalized spacial score (nSPS) is 19.2. The SMILES string of the molecule is COC(=O)[C@H](Cc1ccc(-c2ccccc2)cc1)NC(=O)[C@@H]1C[C@@H](O)CN1C(C)=O. The van der Waals surface area contributed by atoms with Gasteiger partial charge < -0.3 is 20.1 Å². The Labute approximate surface area is 175 Å². The van der Waals surface area contributed by atoms with E-state index in [0.717, 1.165) is 16.7 Å². The molecule has 7 heteroatoms. The number of aliphatic hydroxyl groups excluding tert-OH is 1. The fourth-order valence-corrected chi connectivity index (χ4v) is 3.71. The van der Waals surface area contributed by atoms with Crippen LogP contribution in [-0.4, -0.2) is 59.6 Å². The van der Waals surface area contributed by atoms with Gasteiger partial charge in [-0.1, -0.05) is 54.6 Å². The minimum Gasteiger partial charge on any atom is -0.467 e. The van der Waals surface area contributed by atoms with E-state index in [1.165, 1.54) is 18.9 Å². The van der Waals surface area contributed by atoms with E-state index in [-0.39, 0.29) is 25.3 Å². The lowest BCUT2D eigenvalue weighted by Crippen LogP contribution is -2.51. The van der Waals surface area contributed by atoms with Gasteiger partial charge in [-0.15, -0.1) is 0 Å². The summed E-state index contributed by atoms with van der Waals surface area (Å²) in [5.41, 5.74) is 3.00. The number of methoxy groups -OCH3 is 1. The number of carbonyl (C=O) groups is 3. The molecule has 0 aromatic heterocycles. The molecule has 1 aliphatic rings. The van der Waals surface area contributed by atoms with Crippen LogP contribution in [0.4, 0.5) is 0 Å². The van der Waals surface area contributed by atoms with Crippen LogP contribution in [0.15, 0.2) is 54.6 Å². The van der Waals surface area contributed by atoms with Gasteiger partial charge in [-0.05, 0) is 16.7 Å². The number of amides is 2. The lowest BCUT2D eigenvalue weighted by molar-refractivity contribution is -0.146. The van der Waals surface area contributed by atoms with E-state index in [0.29, 0.717) is 0 Å². The second kappa shape index (κ2) is 9.54. The first-order valence-corrected chi connectivity index (χ1v) is 9.87. The first kappa shape index (κ1) is 21.5. The number of β-amino-alcohol motifs (C(OH)–C–C–N with tert-alkyl or cyclic N) is 1. The third-order valence-corrected chi connectivity index (χ3v) is 5.29. The second-order valence-corrected chi connectivity index (χ2v) is 7.43. The number of hydrogen-bond acceptors (Lipinski definition) is 5. The minimum atomic E-state index is -0.892. The Bertz CT molecular complexity index is 898. The van der Waals surface area contributed by atoms with Crippen molar-refractivity contribution in [3.8, 4) is 11.1 Å². The molecule has 158 valence electrons. The molecule has 1 aliphatic heterocycles. The monoisotopic (exact) mass is 410 g/mol. The predicted octanol–water partition coefficient (Wildman–Crippen LogP) is 1.54. The molecule has 2 amide bonds. The van der Waals surface area contributed by atoms with Crippen molar-refractivity contribution in [1.82, 2.24) is 10.2 Å². The maximum absolute atomic E-state index is 12.7. The van der Waals surface area contributed by atoms with Gasteiger partial charge in [0.05, 0.1) is 13.2 Å². The number of aliphatic hydroxyl groups is 1. The van der Waals surface area contributed by atoms with Crippen LogP contribution in [0.2, 0.25) is 0 Å². The van der Waals surface area contributed by atoms with Gasteiger partial charge in [0.25, 0.3) is 0 Å². The molecule has 0 aliphatic carbocycles. The van der Waals surface area contributed by atoms with E-state index in [4.69, 9.17) is 4.74 Å². The number of nitrogens with zero attached hydrogens (tertiary/aromatic N) is 1.